The van der Waals surface area contributed by atoms with E-state index in [0.29, 0.717) is 0 Å². The van der Waals surface area contributed by atoms with E-state index in [2.05, 4.69) is 10.6 Å². The maximum absolute atomic E-state index is 11.6. The number of carbonyl (C=O) groups is 2. The normalized spacial score (nSPS) is 11.5. The average molecular weight is 318 g/mol. The van der Waals surface area contributed by atoms with Gasteiger partial charge in [0.2, 0.25) is 0 Å². The number of anilines is 1. The molecule has 0 aliphatic heterocycles. The molecule has 0 fully saturated rings. The molecule has 10 heteroatoms. The van der Waals surface area contributed by atoms with E-state index in [-0.39, 0.29) is 22.8 Å². The molecule has 0 spiro atoms. The maximum Gasteiger partial charge on any atom is 0.326 e. The first-order valence-electron chi connectivity index (χ1n) is 5.70. The van der Waals surface area contributed by atoms with Gasteiger partial charge in [0, 0.05) is 24.8 Å². The Bertz CT molecular complexity index is 565. The van der Waals surface area contributed by atoms with Crippen LogP contribution in [0.2, 0.25) is 5.02 Å². The fraction of sp³-hybridized carbons (Fsp3) is 0.273. The van der Waals surface area contributed by atoms with E-state index in [9.17, 15) is 19.7 Å². The molecule has 0 radical (unpaired) electrons. The number of hydrogen-bond donors (Lipinski definition) is 4. The third-order valence-corrected chi connectivity index (χ3v) is 2.74. The minimum Gasteiger partial charge on any atom is -0.480 e. The number of halogens is 1. The zero-order valence-electron chi connectivity index (χ0n) is 10.6. The van der Waals surface area contributed by atoms with Crippen molar-refractivity contribution < 1.29 is 24.7 Å². The topological polar surface area (TPSA) is 142 Å². The number of nitro groups is 1. The molecule has 1 aromatic carbocycles. The van der Waals surface area contributed by atoms with Crippen molar-refractivity contribution in [2.45, 2.75) is 12.5 Å². The highest BCUT2D eigenvalue weighted by Crippen LogP contribution is 2.27. The van der Waals surface area contributed by atoms with Crippen molar-refractivity contribution in [2.75, 3.05) is 11.9 Å². The molecular formula is C11H12ClN3O6. The summed E-state index contributed by atoms with van der Waals surface area (Å²) in [5.41, 5.74) is -0.309. The Labute approximate surface area is 123 Å². The van der Waals surface area contributed by atoms with Crippen LogP contribution in [0.15, 0.2) is 18.2 Å². The van der Waals surface area contributed by atoms with Crippen molar-refractivity contribution in [1.29, 1.82) is 0 Å². The third-order valence-electron chi connectivity index (χ3n) is 2.42. The second-order valence-electron chi connectivity index (χ2n) is 3.92. The first-order valence-corrected chi connectivity index (χ1v) is 6.08. The Morgan fingerprint density at radius 3 is 2.62 bits per heavy atom. The number of nitro benzene ring substituents is 1. The highest BCUT2D eigenvalue weighted by Gasteiger charge is 2.20. The highest BCUT2D eigenvalue weighted by atomic mass is 35.5. The Balaban J connectivity index is 2.77. The lowest BCUT2D eigenvalue weighted by molar-refractivity contribution is -0.384. The summed E-state index contributed by atoms with van der Waals surface area (Å²) in [5, 5.41) is 32.5. The lowest BCUT2D eigenvalue weighted by Gasteiger charge is -2.14. The monoisotopic (exact) mass is 317 g/mol. The molecule has 0 saturated carbocycles. The van der Waals surface area contributed by atoms with Gasteiger partial charge in [-0.2, -0.15) is 0 Å². The lowest BCUT2D eigenvalue weighted by Crippen LogP contribution is -2.43. The number of carbonyl (C=O) groups excluding carboxylic acids is 1. The van der Waals surface area contributed by atoms with Crippen molar-refractivity contribution in [2.24, 2.45) is 0 Å². The number of nitrogens with zero attached hydrogens (tertiary/aromatic N) is 1. The fourth-order valence-corrected chi connectivity index (χ4v) is 1.63. The third kappa shape index (κ3) is 4.89. The molecule has 0 aliphatic rings. The molecule has 4 N–H and O–H groups in total. The zero-order valence-corrected chi connectivity index (χ0v) is 11.3. The summed E-state index contributed by atoms with van der Waals surface area (Å²) in [6.07, 6.45) is -0.163. The van der Waals surface area contributed by atoms with Crippen molar-refractivity contribution in [3.05, 3.63) is 33.3 Å². The molecule has 1 atom stereocenters. The standard InChI is InChI=1S/C11H12ClN3O6/c12-7-2-1-6(5-9(7)15(20)21)13-11(19)14-8(3-4-16)10(17)18/h1-2,5,8,16H,3-4H2,(H,17,18)(H2,13,14,19)/t8-/m0/s1. The van der Waals surface area contributed by atoms with Crippen LogP contribution in [0.5, 0.6) is 0 Å². The minimum atomic E-state index is -1.30. The Morgan fingerprint density at radius 1 is 1.43 bits per heavy atom. The molecule has 0 saturated heterocycles. The molecule has 1 aromatic rings. The molecule has 9 nitrogen and oxygen atoms in total. The van der Waals surface area contributed by atoms with Crippen LogP contribution in [0.25, 0.3) is 0 Å². The maximum atomic E-state index is 11.6. The molecule has 2 amide bonds. The molecule has 0 unspecified atom stereocenters. The van der Waals surface area contributed by atoms with Gasteiger partial charge in [0.15, 0.2) is 0 Å². The zero-order chi connectivity index (χ0) is 16.0. The van der Waals surface area contributed by atoms with Gasteiger partial charge in [-0.1, -0.05) is 11.6 Å². The second-order valence-corrected chi connectivity index (χ2v) is 4.33. The summed E-state index contributed by atoms with van der Waals surface area (Å²) in [6.45, 7) is -0.413. The van der Waals surface area contributed by atoms with Crippen LogP contribution < -0.4 is 10.6 Å². The van der Waals surface area contributed by atoms with Gasteiger partial charge in [-0.05, 0) is 12.1 Å². The van der Waals surface area contributed by atoms with Crippen molar-refractivity contribution in [1.82, 2.24) is 5.32 Å². The number of hydrogen-bond acceptors (Lipinski definition) is 5. The van der Waals surface area contributed by atoms with E-state index in [4.69, 9.17) is 21.8 Å². The molecule has 114 valence electrons. The predicted octanol–water partition coefficient (Wildman–Crippen LogP) is 1.21. The van der Waals surface area contributed by atoms with Crippen molar-refractivity contribution in [3.8, 4) is 0 Å². The second kappa shape index (κ2) is 7.41. The number of carboxylic acids is 1. The van der Waals surface area contributed by atoms with E-state index in [0.717, 1.165) is 6.07 Å². The van der Waals surface area contributed by atoms with Gasteiger partial charge in [0.25, 0.3) is 5.69 Å². The van der Waals surface area contributed by atoms with Crippen LogP contribution in [0.1, 0.15) is 6.42 Å². The summed E-state index contributed by atoms with van der Waals surface area (Å²) in [6, 6.07) is 1.47. The minimum absolute atomic E-state index is 0.0803. The molecule has 21 heavy (non-hydrogen) atoms. The quantitative estimate of drug-likeness (QED) is 0.459. The van der Waals surface area contributed by atoms with Crippen LogP contribution in [0.4, 0.5) is 16.2 Å². The van der Waals surface area contributed by atoms with Crippen LogP contribution in [0.3, 0.4) is 0 Å². The Kier molecular flexibility index (Phi) is 5.88. The number of nitrogens with one attached hydrogen (secondary N) is 2. The van der Waals surface area contributed by atoms with Gasteiger partial charge in [-0.15, -0.1) is 0 Å². The molecule has 0 bridgehead atoms. The van der Waals surface area contributed by atoms with Gasteiger partial charge in [-0.25, -0.2) is 9.59 Å². The molecule has 0 aromatic heterocycles. The largest absolute Gasteiger partial charge is 0.480 e. The van der Waals surface area contributed by atoms with Crippen LogP contribution in [-0.2, 0) is 4.79 Å². The van der Waals surface area contributed by atoms with Gasteiger partial charge < -0.3 is 20.8 Å². The van der Waals surface area contributed by atoms with Crippen LogP contribution in [-0.4, -0.2) is 39.8 Å². The highest BCUT2D eigenvalue weighted by molar-refractivity contribution is 6.32. The van der Waals surface area contributed by atoms with E-state index >= 15 is 0 Å². The fourth-order valence-electron chi connectivity index (χ4n) is 1.44. The number of amides is 2. The lowest BCUT2D eigenvalue weighted by atomic mass is 10.2. The summed E-state index contributed by atoms with van der Waals surface area (Å²) in [7, 11) is 0. The number of aliphatic carboxylic acids is 1. The Morgan fingerprint density at radius 2 is 2.10 bits per heavy atom. The van der Waals surface area contributed by atoms with E-state index in [1.54, 1.807) is 0 Å². The molecule has 0 aliphatic carbocycles. The number of carboxylic acid groups (broad SMARTS) is 1. The number of benzene rings is 1. The van der Waals surface area contributed by atoms with Gasteiger partial charge in [0.05, 0.1) is 4.92 Å². The van der Waals surface area contributed by atoms with E-state index < -0.39 is 29.6 Å². The molecule has 1 rings (SSSR count). The van der Waals surface area contributed by atoms with Crippen LogP contribution >= 0.6 is 11.6 Å². The average Bonchev–Trinajstić information content (AvgIpc) is 2.40. The SMILES string of the molecule is O=C(Nc1ccc(Cl)c([N+](=O)[O-])c1)N[C@@H](CCO)C(=O)O. The summed E-state index contributed by atoms with van der Waals surface area (Å²) >= 11 is 5.62. The van der Waals surface area contributed by atoms with Crippen molar-refractivity contribution in [3.63, 3.8) is 0 Å². The number of aliphatic hydroxyl groups is 1. The van der Waals surface area contributed by atoms with Gasteiger partial charge in [-0.3, -0.25) is 10.1 Å². The van der Waals surface area contributed by atoms with E-state index in [1.807, 2.05) is 0 Å². The molecule has 0 heterocycles. The summed E-state index contributed by atoms with van der Waals surface area (Å²) < 4.78 is 0. The number of urea groups is 1. The van der Waals surface area contributed by atoms with E-state index in [1.165, 1.54) is 12.1 Å². The number of aliphatic hydroxyl groups excluding tert-OH is 1. The van der Waals surface area contributed by atoms with Gasteiger partial charge >= 0.3 is 12.0 Å². The van der Waals surface area contributed by atoms with Crippen LogP contribution in [0, 0.1) is 10.1 Å². The van der Waals surface area contributed by atoms with Crippen molar-refractivity contribution >= 4 is 35.0 Å². The number of rotatable bonds is 6. The van der Waals surface area contributed by atoms with Gasteiger partial charge in [0.1, 0.15) is 11.1 Å². The summed E-state index contributed by atoms with van der Waals surface area (Å²) in [4.78, 5) is 32.4. The smallest absolute Gasteiger partial charge is 0.326 e. The molecular weight excluding hydrogens is 306 g/mol. The Hall–Kier alpha value is -2.39. The first-order chi connectivity index (χ1) is 9.85. The summed E-state index contributed by atoms with van der Waals surface area (Å²) in [5.74, 6) is -1.30. The predicted molar refractivity (Wildman–Crippen MR) is 73.4 cm³/mol. The first kappa shape index (κ1) is 16.7.